The van der Waals surface area contributed by atoms with E-state index >= 15 is 0 Å². The van der Waals surface area contributed by atoms with Crippen molar-refractivity contribution in [2.24, 2.45) is 11.1 Å². The molecule has 0 unspecified atom stereocenters. The normalized spacial score (nSPS) is 13.1. The largest absolute Gasteiger partial charge is 0.396 e. The second-order valence-electron chi connectivity index (χ2n) is 4.30. The second-order valence-corrected chi connectivity index (χ2v) is 4.71. The summed E-state index contributed by atoms with van der Waals surface area (Å²) in [6.07, 6.45) is 0. The van der Waals surface area contributed by atoms with Crippen LogP contribution in [0, 0.1) is 11.2 Å². The Kier molecular flexibility index (Phi) is 5.70. The van der Waals surface area contributed by atoms with Crippen LogP contribution in [-0.4, -0.2) is 11.7 Å². The Morgan fingerprint density at radius 2 is 2.06 bits per heavy atom. The highest BCUT2D eigenvalue weighted by atomic mass is 35.5. The molecule has 0 aliphatic rings. The minimum absolute atomic E-state index is 0. The molecule has 0 aromatic heterocycles. The number of halogens is 3. The van der Waals surface area contributed by atoms with Crippen molar-refractivity contribution in [2.45, 2.75) is 19.9 Å². The molecule has 1 aromatic carbocycles. The quantitative estimate of drug-likeness (QED) is 0.885. The van der Waals surface area contributed by atoms with E-state index in [4.69, 9.17) is 22.4 Å². The Hall–Kier alpha value is -0.350. The van der Waals surface area contributed by atoms with E-state index in [1.54, 1.807) is 6.07 Å². The van der Waals surface area contributed by atoms with Crippen molar-refractivity contribution < 1.29 is 9.50 Å². The van der Waals surface area contributed by atoms with E-state index in [1.165, 1.54) is 12.1 Å². The van der Waals surface area contributed by atoms with Crippen molar-refractivity contribution in [2.75, 3.05) is 6.61 Å². The molecule has 0 fully saturated rings. The molecule has 0 aliphatic carbocycles. The zero-order valence-corrected chi connectivity index (χ0v) is 10.8. The van der Waals surface area contributed by atoms with Crippen molar-refractivity contribution in [3.05, 3.63) is 34.6 Å². The van der Waals surface area contributed by atoms with Gasteiger partial charge in [0, 0.05) is 18.1 Å². The van der Waals surface area contributed by atoms with Crippen LogP contribution in [0.25, 0.3) is 0 Å². The van der Waals surface area contributed by atoms with Crippen LogP contribution < -0.4 is 5.73 Å². The standard InChI is InChI=1S/C11H15ClFNO.ClH/c1-11(2,6-15)10(14)7-3-4-8(12)9(13)5-7;/h3-5,10,15H,6,14H2,1-2H3;1H/t10-;/m1./s1. The number of aliphatic hydroxyl groups is 1. The fourth-order valence-electron chi connectivity index (χ4n) is 1.26. The van der Waals surface area contributed by atoms with Crippen LogP contribution in [-0.2, 0) is 0 Å². The lowest BCUT2D eigenvalue weighted by molar-refractivity contribution is 0.132. The molecule has 16 heavy (non-hydrogen) atoms. The van der Waals surface area contributed by atoms with Crippen LogP contribution in [0.2, 0.25) is 5.02 Å². The van der Waals surface area contributed by atoms with Gasteiger partial charge in [0.1, 0.15) is 5.82 Å². The number of aliphatic hydroxyl groups excluding tert-OH is 1. The third-order valence-electron chi connectivity index (χ3n) is 2.55. The van der Waals surface area contributed by atoms with Gasteiger partial charge in [-0.05, 0) is 17.7 Å². The Labute approximate surface area is 106 Å². The van der Waals surface area contributed by atoms with Gasteiger partial charge in [-0.1, -0.05) is 31.5 Å². The molecule has 0 amide bonds. The zero-order valence-electron chi connectivity index (χ0n) is 9.21. The van der Waals surface area contributed by atoms with E-state index in [0.29, 0.717) is 5.56 Å². The minimum atomic E-state index is -0.488. The number of rotatable bonds is 3. The molecule has 0 spiro atoms. The molecule has 1 aromatic rings. The van der Waals surface area contributed by atoms with Crippen molar-refractivity contribution in [1.29, 1.82) is 0 Å². The summed E-state index contributed by atoms with van der Waals surface area (Å²) >= 11 is 5.57. The molecular formula is C11H16Cl2FNO. The lowest BCUT2D eigenvalue weighted by Crippen LogP contribution is -2.32. The third kappa shape index (κ3) is 3.32. The monoisotopic (exact) mass is 267 g/mol. The summed E-state index contributed by atoms with van der Waals surface area (Å²) in [5.41, 5.74) is 6.08. The van der Waals surface area contributed by atoms with Crippen LogP contribution in [0.3, 0.4) is 0 Å². The summed E-state index contributed by atoms with van der Waals surface area (Å²) in [5, 5.41) is 9.23. The maximum absolute atomic E-state index is 13.2. The number of nitrogens with two attached hydrogens (primary N) is 1. The predicted octanol–water partition coefficient (Wildman–Crippen LogP) is 2.92. The highest BCUT2D eigenvalue weighted by molar-refractivity contribution is 6.30. The maximum atomic E-state index is 13.2. The number of benzene rings is 1. The van der Waals surface area contributed by atoms with E-state index in [9.17, 15) is 4.39 Å². The lowest BCUT2D eigenvalue weighted by atomic mass is 9.82. The van der Waals surface area contributed by atoms with Gasteiger partial charge >= 0.3 is 0 Å². The lowest BCUT2D eigenvalue weighted by Gasteiger charge is -2.29. The van der Waals surface area contributed by atoms with Gasteiger partial charge in [0.2, 0.25) is 0 Å². The van der Waals surface area contributed by atoms with Crippen molar-refractivity contribution in [3.8, 4) is 0 Å². The van der Waals surface area contributed by atoms with Crippen molar-refractivity contribution in [3.63, 3.8) is 0 Å². The highest BCUT2D eigenvalue weighted by Gasteiger charge is 2.27. The molecule has 1 rings (SSSR count). The first-order valence-corrected chi connectivity index (χ1v) is 5.07. The summed E-state index contributed by atoms with van der Waals surface area (Å²) in [6, 6.07) is 4.03. The van der Waals surface area contributed by atoms with Gasteiger partial charge in [-0.15, -0.1) is 12.4 Å². The fourth-order valence-corrected chi connectivity index (χ4v) is 1.37. The molecular weight excluding hydrogens is 252 g/mol. The Balaban J connectivity index is 0.00000225. The van der Waals surface area contributed by atoms with Crippen LogP contribution in [0.15, 0.2) is 18.2 Å². The summed E-state index contributed by atoms with van der Waals surface area (Å²) in [7, 11) is 0. The van der Waals surface area contributed by atoms with Crippen LogP contribution in [0.4, 0.5) is 4.39 Å². The summed E-state index contributed by atoms with van der Waals surface area (Å²) < 4.78 is 13.2. The van der Waals surface area contributed by atoms with Gasteiger partial charge in [-0.2, -0.15) is 0 Å². The molecule has 0 radical (unpaired) electrons. The number of hydrogen-bond donors (Lipinski definition) is 2. The van der Waals surface area contributed by atoms with Crippen LogP contribution >= 0.6 is 24.0 Å². The molecule has 0 bridgehead atoms. The van der Waals surface area contributed by atoms with Gasteiger partial charge in [0.05, 0.1) is 5.02 Å². The van der Waals surface area contributed by atoms with Gasteiger partial charge in [0.15, 0.2) is 0 Å². The first-order valence-electron chi connectivity index (χ1n) is 4.70. The van der Waals surface area contributed by atoms with Crippen molar-refractivity contribution in [1.82, 2.24) is 0 Å². The molecule has 0 saturated heterocycles. The average Bonchev–Trinajstić information content (AvgIpc) is 2.21. The van der Waals surface area contributed by atoms with E-state index in [1.807, 2.05) is 13.8 Å². The summed E-state index contributed by atoms with van der Waals surface area (Å²) in [5.74, 6) is -0.488. The molecule has 5 heteroatoms. The minimum Gasteiger partial charge on any atom is -0.396 e. The third-order valence-corrected chi connectivity index (χ3v) is 2.86. The van der Waals surface area contributed by atoms with Crippen molar-refractivity contribution >= 4 is 24.0 Å². The SMILES string of the molecule is CC(C)(CO)[C@H](N)c1ccc(Cl)c(F)c1.Cl. The highest BCUT2D eigenvalue weighted by Crippen LogP contribution is 2.31. The maximum Gasteiger partial charge on any atom is 0.142 e. The molecule has 92 valence electrons. The summed E-state index contributed by atoms with van der Waals surface area (Å²) in [6.45, 7) is 3.59. The molecule has 0 saturated carbocycles. The smallest absolute Gasteiger partial charge is 0.142 e. The average molecular weight is 268 g/mol. The van der Waals surface area contributed by atoms with E-state index in [2.05, 4.69) is 0 Å². The second kappa shape index (κ2) is 5.82. The van der Waals surface area contributed by atoms with Gasteiger partial charge < -0.3 is 10.8 Å². The van der Waals surface area contributed by atoms with Crippen LogP contribution in [0.5, 0.6) is 0 Å². The van der Waals surface area contributed by atoms with E-state index in [0.717, 1.165) is 0 Å². The van der Waals surface area contributed by atoms with Crippen LogP contribution in [0.1, 0.15) is 25.5 Å². The summed E-state index contributed by atoms with van der Waals surface area (Å²) in [4.78, 5) is 0. The number of hydrogen-bond acceptors (Lipinski definition) is 2. The first-order chi connectivity index (χ1) is 6.88. The topological polar surface area (TPSA) is 46.2 Å². The predicted molar refractivity (Wildman–Crippen MR) is 66.5 cm³/mol. The Morgan fingerprint density at radius 3 is 2.50 bits per heavy atom. The molecule has 3 N–H and O–H groups in total. The van der Waals surface area contributed by atoms with Gasteiger partial charge in [-0.25, -0.2) is 4.39 Å². The molecule has 0 heterocycles. The molecule has 2 nitrogen and oxygen atoms in total. The Morgan fingerprint density at radius 1 is 1.50 bits per heavy atom. The van der Waals surface area contributed by atoms with Gasteiger partial charge in [0.25, 0.3) is 0 Å². The molecule has 0 aliphatic heterocycles. The van der Waals surface area contributed by atoms with Gasteiger partial charge in [-0.3, -0.25) is 0 Å². The molecule has 1 atom stereocenters. The fraction of sp³-hybridized carbons (Fsp3) is 0.455. The van der Waals surface area contributed by atoms with E-state index < -0.39 is 17.3 Å². The zero-order chi connectivity index (χ0) is 11.6. The first kappa shape index (κ1) is 15.7. The van der Waals surface area contributed by atoms with E-state index in [-0.39, 0.29) is 24.0 Å². The Bertz CT molecular complexity index is 358.